The van der Waals surface area contributed by atoms with Gasteiger partial charge in [0, 0.05) is 16.3 Å². The molecule has 1 aromatic heterocycles. The van der Waals surface area contributed by atoms with Crippen LogP contribution in [0.2, 0.25) is 0 Å². The molecule has 0 saturated heterocycles. The van der Waals surface area contributed by atoms with Gasteiger partial charge in [-0.2, -0.15) is 0 Å². The quantitative estimate of drug-likeness (QED) is 0.723. The molecule has 4 heteroatoms. The fraction of sp³-hybridized carbons (Fsp3) is 0.0667. The summed E-state index contributed by atoms with van der Waals surface area (Å²) >= 11 is 0. The Balaban J connectivity index is 2.34. The number of nitrogen functional groups attached to an aromatic ring is 1. The Bertz CT molecular complexity index is 768. The summed E-state index contributed by atoms with van der Waals surface area (Å²) in [6.45, 7) is 1.85. The number of hydrogen-bond acceptors (Lipinski definition) is 3. The highest BCUT2D eigenvalue weighted by atomic mass is 19.1. The molecule has 0 bridgehead atoms. The van der Waals surface area contributed by atoms with Crippen molar-refractivity contribution >= 4 is 16.6 Å². The predicted molar refractivity (Wildman–Crippen MR) is 74.1 cm³/mol. The molecule has 3 rings (SSSR count). The SMILES string of the molecule is Cc1cc(F)ccc1-c1nnc(N)c2ccccc12. The third-order valence-corrected chi connectivity index (χ3v) is 3.16. The molecular weight excluding hydrogens is 241 g/mol. The Kier molecular flexibility index (Phi) is 2.63. The van der Waals surface area contributed by atoms with E-state index in [1.165, 1.54) is 12.1 Å². The van der Waals surface area contributed by atoms with Crippen LogP contribution < -0.4 is 5.73 Å². The first kappa shape index (κ1) is 11.6. The van der Waals surface area contributed by atoms with Gasteiger partial charge in [-0.05, 0) is 30.7 Å². The number of fused-ring (bicyclic) bond motifs is 1. The fourth-order valence-corrected chi connectivity index (χ4v) is 2.22. The monoisotopic (exact) mass is 253 g/mol. The standard InChI is InChI=1S/C15H12FN3/c1-9-8-10(16)6-7-11(9)14-12-4-2-3-5-13(12)15(17)19-18-14/h2-8H,1H3,(H2,17,19). The van der Waals surface area contributed by atoms with E-state index >= 15 is 0 Å². The van der Waals surface area contributed by atoms with Gasteiger partial charge in [0.15, 0.2) is 5.82 Å². The van der Waals surface area contributed by atoms with Crippen LogP contribution in [-0.2, 0) is 0 Å². The van der Waals surface area contributed by atoms with E-state index in [1.54, 1.807) is 6.07 Å². The van der Waals surface area contributed by atoms with Crippen molar-refractivity contribution in [3.63, 3.8) is 0 Å². The van der Waals surface area contributed by atoms with Crippen LogP contribution in [0.3, 0.4) is 0 Å². The lowest BCUT2D eigenvalue weighted by molar-refractivity contribution is 0.627. The molecule has 0 aliphatic heterocycles. The number of nitrogens with zero attached hydrogens (tertiary/aromatic N) is 2. The van der Waals surface area contributed by atoms with Gasteiger partial charge in [0.1, 0.15) is 11.5 Å². The lowest BCUT2D eigenvalue weighted by Gasteiger charge is -2.09. The summed E-state index contributed by atoms with van der Waals surface area (Å²) in [6.07, 6.45) is 0. The normalized spacial score (nSPS) is 10.8. The van der Waals surface area contributed by atoms with Crippen molar-refractivity contribution < 1.29 is 4.39 Å². The topological polar surface area (TPSA) is 51.8 Å². The van der Waals surface area contributed by atoms with E-state index in [-0.39, 0.29) is 5.82 Å². The molecule has 3 aromatic rings. The van der Waals surface area contributed by atoms with Gasteiger partial charge >= 0.3 is 0 Å². The maximum Gasteiger partial charge on any atom is 0.154 e. The first-order valence-corrected chi connectivity index (χ1v) is 5.94. The van der Waals surface area contributed by atoms with Gasteiger partial charge in [0.05, 0.1) is 0 Å². The van der Waals surface area contributed by atoms with Gasteiger partial charge in [0.25, 0.3) is 0 Å². The fourth-order valence-electron chi connectivity index (χ4n) is 2.22. The molecule has 2 N–H and O–H groups in total. The Labute approximate surface area is 109 Å². The maximum atomic E-state index is 13.2. The molecule has 0 radical (unpaired) electrons. The first-order valence-electron chi connectivity index (χ1n) is 5.94. The Morgan fingerprint density at radius 3 is 2.47 bits per heavy atom. The van der Waals surface area contributed by atoms with Crippen LogP contribution in [0.25, 0.3) is 22.0 Å². The van der Waals surface area contributed by atoms with Gasteiger partial charge < -0.3 is 5.73 Å². The Morgan fingerprint density at radius 1 is 1.00 bits per heavy atom. The third kappa shape index (κ3) is 1.91. The second-order valence-electron chi connectivity index (χ2n) is 4.44. The zero-order valence-corrected chi connectivity index (χ0v) is 10.4. The summed E-state index contributed by atoms with van der Waals surface area (Å²) in [5.41, 5.74) is 8.25. The average Bonchev–Trinajstić information content (AvgIpc) is 2.41. The number of aryl methyl sites for hydroxylation is 1. The number of hydrogen-bond donors (Lipinski definition) is 1. The summed E-state index contributed by atoms with van der Waals surface area (Å²) in [4.78, 5) is 0. The lowest BCUT2D eigenvalue weighted by Crippen LogP contribution is -1.98. The molecule has 0 fully saturated rings. The van der Waals surface area contributed by atoms with Crippen molar-refractivity contribution in [2.24, 2.45) is 0 Å². The lowest BCUT2D eigenvalue weighted by atomic mass is 10.0. The third-order valence-electron chi connectivity index (χ3n) is 3.16. The molecular formula is C15H12FN3. The highest BCUT2D eigenvalue weighted by Crippen LogP contribution is 2.30. The van der Waals surface area contributed by atoms with Crippen LogP contribution in [0.5, 0.6) is 0 Å². The van der Waals surface area contributed by atoms with Gasteiger partial charge in [-0.1, -0.05) is 24.3 Å². The minimum atomic E-state index is -0.256. The molecule has 3 nitrogen and oxygen atoms in total. The Hall–Kier alpha value is -2.49. The van der Waals surface area contributed by atoms with Crippen LogP contribution in [-0.4, -0.2) is 10.2 Å². The number of anilines is 1. The second-order valence-corrected chi connectivity index (χ2v) is 4.44. The van der Waals surface area contributed by atoms with E-state index in [1.807, 2.05) is 31.2 Å². The average molecular weight is 253 g/mol. The number of rotatable bonds is 1. The van der Waals surface area contributed by atoms with E-state index < -0.39 is 0 Å². The van der Waals surface area contributed by atoms with Gasteiger partial charge in [0.2, 0.25) is 0 Å². The van der Waals surface area contributed by atoms with Gasteiger partial charge in [-0.3, -0.25) is 0 Å². The number of benzene rings is 2. The minimum Gasteiger partial charge on any atom is -0.382 e. The number of nitrogens with two attached hydrogens (primary N) is 1. The van der Waals surface area contributed by atoms with Crippen LogP contribution in [0.15, 0.2) is 42.5 Å². The van der Waals surface area contributed by atoms with E-state index in [9.17, 15) is 4.39 Å². The maximum absolute atomic E-state index is 13.2. The number of aromatic nitrogens is 2. The van der Waals surface area contributed by atoms with Crippen molar-refractivity contribution in [1.82, 2.24) is 10.2 Å². The molecule has 0 aliphatic carbocycles. The minimum absolute atomic E-state index is 0.256. The Morgan fingerprint density at radius 2 is 1.74 bits per heavy atom. The van der Waals surface area contributed by atoms with Crippen molar-refractivity contribution in [1.29, 1.82) is 0 Å². The summed E-state index contributed by atoms with van der Waals surface area (Å²) in [5.74, 6) is 0.146. The summed E-state index contributed by atoms with van der Waals surface area (Å²) in [7, 11) is 0. The smallest absolute Gasteiger partial charge is 0.154 e. The first-order chi connectivity index (χ1) is 9.16. The highest BCUT2D eigenvalue weighted by Gasteiger charge is 2.11. The molecule has 0 aliphatic rings. The molecule has 0 atom stereocenters. The molecule has 0 saturated carbocycles. The van der Waals surface area contributed by atoms with E-state index in [4.69, 9.17) is 5.73 Å². The van der Waals surface area contributed by atoms with Gasteiger partial charge in [-0.25, -0.2) is 4.39 Å². The van der Waals surface area contributed by atoms with Crippen LogP contribution >= 0.6 is 0 Å². The van der Waals surface area contributed by atoms with Crippen LogP contribution in [0, 0.1) is 12.7 Å². The molecule has 1 heterocycles. The molecule has 0 unspecified atom stereocenters. The summed E-state index contributed by atoms with van der Waals surface area (Å²) in [5, 5.41) is 9.93. The molecule has 2 aromatic carbocycles. The van der Waals surface area contributed by atoms with Crippen molar-refractivity contribution in [3.8, 4) is 11.3 Å². The van der Waals surface area contributed by atoms with Crippen molar-refractivity contribution in [2.75, 3.05) is 5.73 Å². The predicted octanol–water partition coefficient (Wildman–Crippen LogP) is 3.33. The van der Waals surface area contributed by atoms with Crippen molar-refractivity contribution in [3.05, 3.63) is 53.8 Å². The second kappa shape index (κ2) is 4.31. The molecule has 19 heavy (non-hydrogen) atoms. The summed E-state index contributed by atoms with van der Waals surface area (Å²) < 4.78 is 13.2. The zero-order chi connectivity index (χ0) is 13.4. The molecule has 0 amide bonds. The van der Waals surface area contributed by atoms with E-state index in [0.717, 1.165) is 27.6 Å². The highest BCUT2D eigenvalue weighted by molar-refractivity contribution is 5.99. The summed E-state index contributed by atoms with van der Waals surface area (Å²) in [6, 6.07) is 12.3. The zero-order valence-electron chi connectivity index (χ0n) is 10.4. The van der Waals surface area contributed by atoms with E-state index in [2.05, 4.69) is 10.2 Å². The van der Waals surface area contributed by atoms with Gasteiger partial charge in [-0.15, -0.1) is 10.2 Å². The molecule has 0 spiro atoms. The molecule has 94 valence electrons. The van der Waals surface area contributed by atoms with Crippen molar-refractivity contribution in [2.45, 2.75) is 6.92 Å². The van der Waals surface area contributed by atoms with Crippen LogP contribution in [0.4, 0.5) is 10.2 Å². The van der Waals surface area contributed by atoms with E-state index in [0.29, 0.717) is 5.82 Å². The van der Waals surface area contributed by atoms with Crippen LogP contribution in [0.1, 0.15) is 5.56 Å². The number of halogens is 1. The largest absolute Gasteiger partial charge is 0.382 e.